The van der Waals surface area contributed by atoms with E-state index in [1.807, 2.05) is 19.1 Å². The van der Waals surface area contributed by atoms with Crippen LogP contribution >= 0.6 is 0 Å². The van der Waals surface area contributed by atoms with E-state index >= 15 is 0 Å². The van der Waals surface area contributed by atoms with Crippen molar-refractivity contribution in [2.24, 2.45) is 0 Å². The quantitative estimate of drug-likeness (QED) is 0.909. The van der Waals surface area contributed by atoms with Crippen LogP contribution in [0.4, 0.5) is 5.82 Å². The third kappa shape index (κ3) is 3.94. The average molecular weight is 285 g/mol. The van der Waals surface area contributed by atoms with Gasteiger partial charge in [-0.2, -0.15) is 0 Å². The van der Waals surface area contributed by atoms with Gasteiger partial charge in [0.25, 0.3) is 0 Å². The first-order chi connectivity index (χ1) is 9.90. The summed E-state index contributed by atoms with van der Waals surface area (Å²) in [5.74, 6) is 2.16. The third-order valence-corrected chi connectivity index (χ3v) is 3.16. The first-order valence-electron chi connectivity index (χ1n) is 7.25. The van der Waals surface area contributed by atoms with Crippen LogP contribution in [0.1, 0.15) is 38.8 Å². The molecule has 2 rings (SSSR count). The van der Waals surface area contributed by atoms with Crippen molar-refractivity contribution in [1.82, 2.24) is 9.97 Å². The van der Waals surface area contributed by atoms with Gasteiger partial charge < -0.3 is 10.1 Å². The highest BCUT2D eigenvalue weighted by Crippen LogP contribution is 2.34. The van der Waals surface area contributed by atoms with Gasteiger partial charge in [0.05, 0.1) is 0 Å². The van der Waals surface area contributed by atoms with E-state index in [0.29, 0.717) is 5.88 Å². The molecule has 0 unspecified atom stereocenters. The molecule has 0 atom stereocenters. The number of benzene rings is 1. The second kappa shape index (κ2) is 6.12. The van der Waals surface area contributed by atoms with Crippen molar-refractivity contribution < 1.29 is 4.74 Å². The summed E-state index contributed by atoms with van der Waals surface area (Å²) >= 11 is 0. The van der Waals surface area contributed by atoms with Crippen LogP contribution in [0.5, 0.6) is 11.6 Å². The zero-order valence-corrected chi connectivity index (χ0v) is 13.4. The van der Waals surface area contributed by atoms with Crippen molar-refractivity contribution in [2.45, 2.75) is 40.0 Å². The maximum Gasteiger partial charge on any atom is 0.224 e. The van der Waals surface area contributed by atoms with E-state index in [0.717, 1.165) is 18.1 Å². The summed E-state index contributed by atoms with van der Waals surface area (Å²) in [7, 11) is 0. The molecule has 0 aliphatic rings. The van der Waals surface area contributed by atoms with E-state index in [1.165, 1.54) is 17.5 Å². The largest absolute Gasteiger partial charge is 0.439 e. The SMILES string of the molecule is CCNc1cc(Oc2ccc(C)cc2C(C)(C)C)ncn1. The fourth-order valence-electron chi connectivity index (χ4n) is 2.10. The highest BCUT2D eigenvalue weighted by molar-refractivity contribution is 5.44. The van der Waals surface area contributed by atoms with Gasteiger partial charge in [0.2, 0.25) is 5.88 Å². The molecule has 2 aromatic rings. The van der Waals surface area contributed by atoms with Crippen LogP contribution in [-0.2, 0) is 5.41 Å². The summed E-state index contributed by atoms with van der Waals surface area (Å²) in [6, 6.07) is 8.04. The molecule has 0 spiro atoms. The van der Waals surface area contributed by atoms with Crippen LogP contribution in [0.2, 0.25) is 0 Å². The van der Waals surface area contributed by atoms with Gasteiger partial charge in [-0.25, -0.2) is 9.97 Å². The van der Waals surface area contributed by atoms with Crippen LogP contribution in [0.3, 0.4) is 0 Å². The van der Waals surface area contributed by atoms with Gasteiger partial charge in [-0.1, -0.05) is 38.5 Å². The average Bonchev–Trinajstić information content (AvgIpc) is 2.40. The Hall–Kier alpha value is -2.10. The molecule has 1 aromatic heterocycles. The highest BCUT2D eigenvalue weighted by Gasteiger charge is 2.19. The first-order valence-corrected chi connectivity index (χ1v) is 7.25. The zero-order chi connectivity index (χ0) is 15.5. The molecule has 0 amide bonds. The minimum Gasteiger partial charge on any atom is -0.439 e. The molecular weight excluding hydrogens is 262 g/mol. The van der Waals surface area contributed by atoms with Crippen molar-refractivity contribution in [3.63, 3.8) is 0 Å². The van der Waals surface area contributed by atoms with Crippen LogP contribution in [0.25, 0.3) is 0 Å². The Morgan fingerprint density at radius 3 is 2.57 bits per heavy atom. The smallest absolute Gasteiger partial charge is 0.224 e. The van der Waals surface area contributed by atoms with E-state index in [9.17, 15) is 0 Å². The Morgan fingerprint density at radius 2 is 1.90 bits per heavy atom. The summed E-state index contributed by atoms with van der Waals surface area (Å²) in [5, 5.41) is 3.16. The molecule has 1 aromatic carbocycles. The molecule has 1 N–H and O–H groups in total. The van der Waals surface area contributed by atoms with Gasteiger partial charge in [-0.05, 0) is 25.3 Å². The monoisotopic (exact) mass is 285 g/mol. The number of aromatic nitrogens is 2. The topological polar surface area (TPSA) is 47.0 Å². The fourth-order valence-corrected chi connectivity index (χ4v) is 2.10. The molecule has 4 heteroatoms. The van der Waals surface area contributed by atoms with Crippen LogP contribution in [0.15, 0.2) is 30.6 Å². The molecular formula is C17H23N3O. The number of rotatable bonds is 4. The molecule has 0 radical (unpaired) electrons. The van der Waals surface area contributed by atoms with Gasteiger partial charge >= 0.3 is 0 Å². The Kier molecular flexibility index (Phi) is 4.46. The van der Waals surface area contributed by atoms with Crippen molar-refractivity contribution >= 4 is 5.82 Å². The van der Waals surface area contributed by atoms with E-state index in [4.69, 9.17) is 4.74 Å². The normalized spacial score (nSPS) is 11.3. The van der Waals surface area contributed by atoms with Gasteiger partial charge in [-0.15, -0.1) is 0 Å². The lowest BCUT2D eigenvalue weighted by Crippen LogP contribution is -2.13. The lowest BCUT2D eigenvalue weighted by atomic mass is 9.85. The van der Waals surface area contributed by atoms with Crippen LogP contribution in [-0.4, -0.2) is 16.5 Å². The first kappa shape index (κ1) is 15.3. The second-order valence-electron chi connectivity index (χ2n) is 6.12. The lowest BCUT2D eigenvalue weighted by Gasteiger charge is -2.23. The second-order valence-corrected chi connectivity index (χ2v) is 6.12. The molecule has 0 aliphatic carbocycles. The van der Waals surface area contributed by atoms with Crippen molar-refractivity contribution in [3.05, 3.63) is 41.7 Å². The molecule has 1 heterocycles. The summed E-state index contributed by atoms with van der Waals surface area (Å²) in [4.78, 5) is 8.34. The maximum absolute atomic E-state index is 5.99. The molecule has 0 bridgehead atoms. The third-order valence-electron chi connectivity index (χ3n) is 3.16. The number of nitrogens with one attached hydrogen (secondary N) is 1. The number of ether oxygens (including phenoxy) is 1. The summed E-state index contributed by atoms with van der Waals surface area (Å²) in [6.07, 6.45) is 1.51. The standard InChI is InChI=1S/C17H23N3O/c1-6-18-15-10-16(20-11-19-15)21-14-8-7-12(2)9-13(14)17(3,4)5/h7-11H,6H2,1-5H3,(H,18,19,20). The van der Waals surface area contributed by atoms with Crippen LogP contribution < -0.4 is 10.1 Å². The van der Waals surface area contributed by atoms with Gasteiger partial charge in [0, 0.05) is 18.2 Å². The zero-order valence-electron chi connectivity index (χ0n) is 13.4. The van der Waals surface area contributed by atoms with Crippen molar-refractivity contribution in [2.75, 3.05) is 11.9 Å². The van der Waals surface area contributed by atoms with Crippen LogP contribution in [0, 0.1) is 6.92 Å². The minimum atomic E-state index is 0.0128. The number of hydrogen-bond acceptors (Lipinski definition) is 4. The minimum absolute atomic E-state index is 0.0128. The van der Waals surface area contributed by atoms with Gasteiger partial charge in [0.1, 0.15) is 17.9 Å². The maximum atomic E-state index is 5.99. The molecule has 4 nitrogen and oxygen atoms in total. The summed E-state index contributed by atoms with van der Waals surface area (Å²) in [6.45, 7) is 11.5. The number of hydrogen-bond donors (Lipinski definition) is 1. The molecule has 0 aliphatic heterocycles. The Balaban J connectivity index is 2.33. The van der Waals surface area contributed by atoms with Gasteiger partial charge in [-0.3, -0.25) is 0 Å². The van der Waals surface area contributed by atoms with E-state index in [-0.39, 0.29) is 5.41 Å². The Labute approximate surface area is 126 Å². The predicted octanol–water partition coefficient (Wildman–Crippen LogP) is 4.31. The number of aryl methyl sites for hydroxylation is 1. The molecule has 0 saturated heterocycles. The Morgan fingerprint density at radius 1 is 1.14 bits per heavy atom. The van der Waals surface area contributed by atoms with Gasteiger partial charge in [0.15, 0.2) is 0 Å². The summed E-state index contributed by atoms with van der Waals surface area (Å²) < 4.78 is 5.99. The lowest BCUT2D eigenvalue weighted by molar-refractivity contribution is 0.439. The van der Waals surface area contributed by atoms with E-state index in [1.54, 1.807) is 0 Å². The van der Waals surface area contributed by atoms with Crippen molar-refractivity contribution in [1.29, 1.82) is 0 Å². The Bertz CT molecular complexity index is 618. The molecule has 112 valence electrons. The van der Waals surface area contributed by atoms with Crippen molar-refractivity contribution in [3.8, 4) is 11.6 Å². The van der Waals surface area contributed by atoms with E-state index in [2.05, 4.69) is 55.1 Å². The highest BCUT2D eigenvalue weighted by atomic mass is 16.5. The fraction of sp³-hybridized carbons (Fsp3) is 0.412. The number of anilines is 1. The molecule has 0 fully saturated rings. The van der Waals surface area contributed by atoms with E-state index < -0.39 is 0 Å². The summed E-state index contributed by atoms with van der Waals surface area (Å²) in [5.41, 5.74) is 2.41. The molecule has 0 saturated carbocycles. The molecule has 21 heavy (non-hydrogen) atoms. The predicted molar refractivity (Wildman–Crippen MR) is 86.1 cm³/mol. The number of nitrogens with zero attached hydrogens (tertiary/aromatic N) is 2.